The number of hydrogen-bond acceptors (Lipinski definition) is 4. The van der Waals surface area contributed by atoms with Gasteiger partial charge < -0.3 is 4.74 Å². The third-order valence-electron chi connectivity index (χ3n) is 2.96. The van der Waals surface area contributed by atoms with Crippen molar-refractivity contribution >= 4 is 16.7 Å². The Hall–Kier alpha value is -2.75. The zero-order chi connectivity index (χ0) is 13.9. The fourth-order valence-corrected chi connectivity index (χ4v) is 1.95. The summed E-state index contributed by atoms with van der Waals surface area (Å²) in [5.41, 5.74) is 1.43. The van der Waals surface area contributed by atoms with Gasteiger partial charge >= 0.3 is 0 Å². The first-order valence-electron chi connectivity index (χ1n) is 6.22. The van der Waals surface area contributed by atoms with Gasteiger partial charge in [-0.2, -0.15) is 0 Å². The van der Waals surface area contributed by atoms with E-state index in [-0.39, 0.29) is 5.78 Å². The molecule has 1 heterocycles. The van der Waals surface area contributed by atoms with Gasteiger partial charge in [-0.25, -0.2) is 9.97 Å². The van der Waals surface area contributed by atoms with Crippen molar-refractivity contribution < 1.29 is 9.53 Å². The highest BCUT2D eigenvalue weighted by Crippen LogP contribution is 2.26. The minimum Gasteiger partial charge on any atom is -0.438 e. The summed E-state index contributed by atoms with van der Waals surface area (Å²) in [6.07, 6.45) is 1.46. The number of nitrogens with zero attached hydrogens (tertiary/aromatic N) is 2. The Morgan fingerprint density at radius 3 is 2.75 bits per heavy atom. The number of para-hydroxylation sites is 1. The monoisotopic (exact) mass is 264 g/mol. The number of carbonyl (C=O) groups excluding carboxylic acids is 1. The Morgan fingerprint density at radius 2 is 1.90 bits per heavy atom. The molecule has 0 aliphatic carbocycles. The van der Waals surface area contributed by atoms with Gasteiger partial charge in [0.2, 0.25) is 5.88 Å². The molecule has 0 radical (unpaired) electrons. The summed E-state index contributed by atoms with van der Waals surface area (Å²) in [5, 5.41) is 0.836. The van der Waals surface area contributed by atoms with Gasteiger partial charge in [-0.15, -0.1) is 0 Å². The molecule has 98 valence electrons. The predicted molar refractivity (Wildman–Crippen MR) is 76.1 cm³/mol. The second kappa shape index (κ2) is 5.09. The van der Waals surface area contributed by atoms with Gasteiger partial charge in [-0.3, -0.25) is 4.79 Å². The quantitative estimate of drug-likeness (QED) is 0.678. The molecule has 0 bridgehead atoms. The molecule has 0 atom stereocenters. The molecule has 3 aromatic rings. The third kappa shape index (κ3) is 2.36. The van der Waals surface area contributed by atoms with E-state index in [1.54, 1.807) is 24.3 Å². The van der Waals surface area contributed by atoms with Crippen LogP contribution in [0.15, 0.2) is 54.9 Å². The van der Waals surface area contributed by atoms with Crippen molar-refractivity contribution in [1.29, 1.82) is 0 Å². The molecule has 2 aromatic carbocycles. The maximum atomic E-state index is 11.4. The highest BCUT2D eigenvalue weighted by molar-refractivity contribution is 5.94. The standard InChI is InChI=1S/C16H12N2O2/c1-11(19)12-5-4-6-13(9-12)20-16-14-7-2-3-8-15(14)17-10-18-16/h2-10H,1H3. The van der Waals surface area contributed by atoms with Gasteiger partial charge in [-0.1, -0.05) is 24.3 Å². The lowest BCUT2D eigenvalue weighted by Gasteiger charge is -2.07. The normalized spacial score (nSPS) is 10.4. The average molecular weight is 264 g/mol. The fraction of sp³-hybridized carbons (Fsp3) is 0.0625. The van der Waals surface area contributed by atoms with Gasteiger partial charge in [0.05, 0.1) is 10.9 Å². The van der Waals surface area contributed by atoms with Crippen LogP contribution in [0.2, 0.25) is 0 Å². The maximum Gasteiger partial charge on any atom is 0.230 e. The van der Waals surface area contributed by atoms with Crippen LogP contribution in [0.25, 0.3) is 10.9 Å². The number of carbonyl (C=O) groups is 1. The largest absolute Gasteiger partial charge is 0.438 e. The number of hydrogen-bond donors (Lipinski definition) is 0. The Morgan fingerprint density at radius 1 is 1.05 bits per heavy atom. The van der Waals surface area contributed by atoms with Crippen LogP contribution in [0.5, 0.6) is 11.6 Å². The molecule has 1 aromatic heterocycles. The van der Waals surface area contributed by atoms with Crippen molar-refractivity contribution in [3.05, 3.63) is 60.4 Å². The first kappa shape index (κ1) is 12.3. The SMILES string of the molecule is CC(=O)c1cccc(Oc2ncnc3ccccc23)c1. The Balaban J connectivity index is 2.01. The number of ether oxygens (including phenoxy) is 1. The molecule has 0 unspecified atom stereocenters. The lowest BCUT2D eigenvalue weighted by molar-refractivity contribution is 0.101. The zero-order valence-electron chi connectivity index (χ0n) is 10.9. The van der Waals surface area contributed by atoms with Crippen LogP contribution >= 0.6 is 0 Å². The molecule has 0 aliphatic heterocycles. The summed E-state index contributed by atoms with van der Waals surface area (Å²) < 4.78 is 5.78. The van der Waals surface area contributed by atoms with Crippen molar-refractivity contribution in [3.8, 4) is 11.6 Å². The van der Waals surface area contributed by atoms with E-state index in [0.717, 1.165) is 10.9 Å². The van der Waals surface area contributed by atoms with E-state index in [0.29, 0.717) is 17.2 Å². The predicted octanol–water partition coefficient (Wildman–Crippen LogP) is 3.62. The molecule has 4 heteroatoms. The smallest absolute Gasteiger partial charge is 0.230 e. The first-order chi connectivity index (χ1) is 9.74. The highest BCUT2D eigenvalue weighted by atomic mass is 16.5. The molecule has 20 heavy (non-hydrogen) atoms. The molecule has 0 fully saturated rings. The summed E-state index contributed by atoms with van der Waals surface area (Å²) in [4.78, 5) is 19.7. The van der Waals surface area contributed by atoms with Crippen LogP contribution in [0.4, 0.5) is 0 Å². The van der Waals surface area contributed by atoms with Crippen molar-refractivity contribution in [2.75, 3.05) is 0 Å². The Bertz CT molecular complexity index is 779. The van der Waals surface area contributed by atoms with Crippen LogP contribution in [0.3, 0.4) is 0 Å². The molecule has 0 saturated heterocycles. The molecule has 0 aliphatic rings. The second-order valence-electron chi connectivity index (χ2n) is 4.38. The Kier molecular flexibility index (Phi) is 3.13. The average Bonchev–Trinajstić information content (AvgIpc) is 2.48. The summed E-state index contributed by atoms with van der Waals surface area (Å²) in [5.74, 6) is 1.07. The van der Waals surface area contributed by atoms with Crippen molar-refractivity contribution in [3.63, 3.8) is 0 Å². The van der Waals surface area contributed by atoms with E-state index in [1.807, 2.05) is 24.3 Å². The van der Waals surface area contributed by atoms with Crippen molar-refractivity contribution in [2.45, 2.75) is 6.92 Å². The Labute approximate surface area is 116 Å². The van der Waals surface area contributed by atoms with Crippen molar-refractivity contribution in [2.24, 2.45) is 0 Å². The molecule has 0 N–H and O–H groups in total. The van der Waals surface area contributed by atoms with Crippen LogP contribution in [-0.2, 0) is 0 Å². The number of benzene rings is 2. The minimum atomic E-state index is 0.00277. The first-order valence-corrected chi connectivity index (χ1v) is 6.22. The summed E-state index contributed by atoms with van der Waals surface area (Å²) in [6, 6.07) is 14.7. The number of ketones is 1. The third-order valence-corrected chi connectivity index (χ3v) is 2.96. The maximum absolute atomic E-state index is 11.4. The topological polar surface area (TPSA) is 52.1 Å². The lowest BCUT2D eigenvalue weighted by atomic mass is 10.1. The summed E-state index contributed by atoms with van der Waals surface area (Å²) >= 11 is 0. The van der Waals surface area contributed by atoms with E-state index in [2.05, 4.69) is 9.97 Å². The molecule has 0 amide bonds. The zero-order valence-corrected chi connectivity index (χ0v) is 10.9. The van der Waals surface area contributed by atoms with Gasteiger partial charge in [0.15, 0.2) is 5.78 Å². The minimum absolute atomic E-state index is 0.00277. The highest BCUT2D eigenvalue weighted by Gasteiger charge is 2.07. The van der Waals surface area contributed by atoms with E-state index in [4.69, 9.17) is 4.74 Å². The van der Waals surface area contributed by atoms with E-state index in [9.17, 15) is 4.79 Å². The van der Waals surface area contributed by atoms with Crippen LogP contribution in [0.1, 0.15) is 17.3 Å². The van der Waals surface area contributed by atoms with Crippen LogP contribution in [-0.4, -0.2) is 15.8 Å². The van der Waals surface area contributed by atoms with E-state index < -0.39 is 0 Å². The molecule has 3 rings (SSSR count). The number of fused-ring (bicyclic) bond motifs is 1. The fourth-order valence-electron chi connectivity index (χ4n) is 1.95. The van der Waals surface area contributed by atoms with E-state index >= 15 is 0 Å². The molecule has 0 spiro atoms. The van der Waals surface area contributed by atoms with Gasteiger partial charge in [0.25, 0.3) is 0 Å². The molecule has 4 nitrogen and oxygen atoms in total. The number of rotatable bonds is 3. The number of aromatic nitrogens is 2. The summed E-state index contributed by atoms with van der Waals surface area (Å²) in [6.45, 7) is 1.53. The van der Waals surface area contributed by atoms with Crippen LogP contribution in [0, 0.1) is 0 Å². The second-order valence-corrected chi connectivity index (χ2v) is 4.38. The molecule has 0 saturated carbocycles. The van der Waals surface area contributed by atoms with Crippen molar-refractivity contribution in [1.82, 2.24) is 9.97 Å². The van der Waals surface area contributed by atoms with Crippen LogP contribution < -0.4 is 4.74 Å². The van der Waals surface area contributed by atoms with Gasteiger partial charge in [-0.05, 0) is 31.2 Å². The van der Waals surface area contributed by atoms with Gasteiger partial charge in [0.1, 0.15) is 12.1 Å². The lowest BCUT2D eigenvalue weighted by Crippen LogP contribution is -1.94. The van der Waals surface area contributed by atoms with Gasteiger partial charge in [0, 0.05) is 5.56 Å². The summed E-state index contributed by atoms with van der Waals surface area (Å²) in [7, 11) is 0. The van der Waals surface area contributed by atoms with E-state index in [1.165, 1.54) is 13.3 Å². The molecular weight excluding hydrogens is 252 g/mol. The molecular formula is C16H12N2O2. The number of Topliss-reactive ketones (excluding diaryl/α,β-unsaturated/α-hetero) is 1.